The van der Waals surface area contributed by atoms with Gasteiger partial charge in [0.25, 0.3) is 11.8 Å². The fourth-order valence-electron chi connectivity index (χ4n) is 3.03. The quantitative estimate of drug-likeness (QED) is 0.462. The van der Waals surface area contributed by atoms with Gasteiger partial charge in [0.15, 0.2) is 0 Å². The summed E-state index contributed by atoms with van der Waals surface area (Å²) in [6, 6.07) is 13.8. The van der Waals surface area contributed by atoms with Crippen molar-refractivity contribution in [2.24, 2.45) is 0 Å². The van der Waals surface area contributed by atoms with Crippen molar-refractivity contribution in [1.29, 1.82) is 0 Å². The molecule has 10 nitrogen and oxygen atoms in total. The van der Waals surface area contributed by atoms with Crippen molar-refractivity contribution >= 4 is 23.4 Å². The van der Waals surface area contributed by atoms with E-state index in [-0.39, 0.29) is 0 Å². The molecule has 0 saturated heterocycles. The number of rotatable bonds is 5. The molecule has 0 saturated carbocycles. The first kappa shape index (κ1) is 20.2. The SMILES string of the molecule is CCc1c(C(=O)NNC(=O)c2ccc(-n3cnnn3)cc2)cnn1-c1cccc(Cl)c1. The maximum Gasteiger partial charge on any atom is 0.273 e. The summed E-state index contributed by atoms with van der Waals surface area (Å²) in [5.74, 6) is -0.930. The van der Waals surface area contributed by atoms with Gasteiger partial charge in [-0.3, -0.25) is 20.4 Å². The van der Waals surface area contributed by atoms with Crippen molar-refractivity contribution in [2.45, 2.75) is 13.3 Å². The fraction of sp³-hybridized carbons (Fsp3) is 0.100. The van der Waals surface area contributed by atoms with E-state index in [0.717, 1.165) is 5.69 Å². The van der Waals surface area contributed by atoms with Crippen LogP contribution in [0, 0.1) is 0 Å². The molecular weight excluding hydrogens is 420 g/mol. The van der Waals surface area contributed by atoms with E-state index in [0.29, 0.717) is 34.0 Å². The largest absolute Gasteiger partial charge is 0.273 e. The molecular formula is C20H17ClN8O2. The fourth-order valence-corrected chi connectivity index (χ4v) is 3.22. The average molecular weight is 437 g/mol. The molecule has 0 aliphatic heterocycles. The van der Waals surface area contributed by atoms with E-state index in [1.54, 1.807) is 41.1 Å². The molecule has 11 heteroatoms. The number of halogens is 1. The van der Waals surface area contributed by atoms with Crippen LogP contribution in [0.4, 0.5) is 0 Å². The molecule has 0 atom stereocenters. The van der Waals surface area contributed by atoms with Gasteiger partial charge in [0.1, 0.15) is 6.33 Å². The van der Waals surface area contributed by atoms with E-state index >= 15 is 0 Å². The van der Waals surface area contributed by atoms with Gasteiger partial charge >= 0.3 is 0 Å². The van der Waals surface area contributed by atoms with E-state index in [2.05, 4.69) is 31.5 Å². The molecule has 2 amide bonds. The van der Waals surface area contributed by atoms with Crippen LogP contribution in [0.3, 0.4) is 0 Å². The molecule has 4 rings (SSSR count). The first-order valence-electron chi connectivity index (χ1n) is 9.33. The van der Waals surface area contributed by atoms with Gasteiger partial charge < -0.3 is 0 Å². The summed E-state index contributed by atoms with van der Waals surface area (Å²) < 4.78 is 3.12. The molecule has 0 aliphatic rings. The van der Waals surface area contributed by atoms with Gasteiger partial charge in [-0.2, -0.15) is 5.10 Å². The molecule has 0 spiro atoms. The molecule has 4 aromatic rings. The molecule has 31 heavy (non-hydrogen) atoms. The van der Waals surface area contributed by atoms with Crippen molar-refractivity contribution in [3.05, 3.63) is 82.9 Å². The Morgan fingerprint density at radius 2 is 1.81 bits per heavy atom. The minimum atomic E-state index is -0.469. The normalized spacial score (nSPS) is 10.6. The lowest BCUT2D eigenvalue weighted by Crippen LogP contribution is -2.41. The van der Waals surface area contributed by atoms with Crippen molar-refractivity contribution < 1.29 is 9.59 Å². The standard InChI is InChI=1S/C20H17ClN8O2/c1-2-18-17(11-23-29(18)16-5-3-4-14(21)10-16)20(31)25-24-19(30)13-6-8-15(9-7-13)28-12-22-26-27-28/h3-12H,2H2,1H3,(H,24,30)(H,25,31). The minimum absolute atomic E-state index is 0.358. The summed E-state index contributed by atoms with van der Waals surface area (Å²) in [6.45, 7) is 1.92. The van der Waals surface area contributed by atoms with Crippen LogP contribution in [-0.2, 0) is 6.42 Å². The maximum absolute atomic E-state index is 12.7. The first-order valence-corrected chi connectivity index (χ1v) is 9.71. The number of carbonyl (C=O) groups excluding carboxylic acids is 2. The van der Waals surface area contributed by atoms with Crippen LogP contribution in [0.2, 0.25) is 5.02 Å². The number of hydrogen-bond acceptors (Lipinski definition) is 6. The highest BCUT2D eigenvalue weighted by Crippen LogP contribution is 2.19. The van der Waals surface area contributed by atoms with Crippen LogP contribution in [0.25, 0.3) is 11.4 Å². The molecule has 0 radical (unpaired) electrons. The molecule has 0 fully saturated rings. The summed E-state index contributed by atoms with van der Waals surface area (Å²) in [7, 11) is 0. The second kappa shape index (κ2) is 8.76. The average Bonchev–Trinajstić information content (AvgIpc) is 3.47. The number of amides is 2. The minimum Gasteiger partial charge on any atom is -0.267 e. The smallest absolute Gasteiger partial charge is 0.267 e. The van der Waals surface area contributed by atoms with Crippen LogP contribution in [0.5, 0.6) is 0 Å². The van der Waals surface area contributed by atoms with E-state index < -0.39 is 11.8 Å². The lowest BCUT2D eigenvalue weighted by molar-refractivity contribution is 0.0846. The second-order valence-corrected chi connectivity index (χ2v) is 6.90. The van der Waals surface area contributed by atoms with Gasteiger partial charge in [-0.1, -0.05) is 24.6 Å². The van der Waals surface area contributed by atoms with Gasteiger partial charge in [0, 0.05) is 10.6 Å². The molecule has 156 valence electrons. The number of carbonyl (C=O) groups is 2. The van der Waals surface area contributed by atoms with Gasteiger partial charge in [-0.25, -0.2) is 9.36 Å². The zero-order chi connectivity index (χ0) is 21.8. The number of tetrazole rings is 1. The predicted molar refractivity (Wildman–Crippen MR) is 112 cm³/mol. The van der Waals surface area contributed by atoms with E-state index in [1.807, 2.05) is 19.1 Å². The summed E-state index contributed by atoms with van der Waals surface area (Å²) in [6.07, 6.45) is 3.47. The third kappa shape index (κ3) is 4.28. The number of nitrogens with zero attached hydrogens (tertiary/aromatic N) is 6. The van der Waals surface area contributed by atoms with Crippen LogP contribution in [0.1, 0.15) is 33.3 Å². The Labute approximate surface area is 181 Å². The highest BCUT2D eigenvalue weighted by Gasteiger charge is 2.18. The predicted octanol–water partition coefficient (Wildman–Crippen LogP) is 2.14. The molecule has 2 aromatic carbocycles. The lowest BCUT2D eigenvalue weighted by atomic mass is 10.2. The molecule has 0 unspecified atom stereocenters. The Bertz CT molecular complexity index is 1220. The van der Waals surface area contributed by atoms with Gasteiger partial charge in [0.2, 0.25) is 0 Å². The van der Waals surface area contributed by atoms with Crippen LogP contribution in [-0.4, -0.2) is 41.8 Å². The summed E-state index contributed by atoms with van der Waals surface area (Å²) in [4.78, 5) is 25.0. The molecule has 0 aliphatic carbocycles. The van der Waals surface area contributed by atoms with Crippen molar-refractivity contribution in [2.75, 3.05) is 0 Å². The molecule has 2 heterocycles. The molecule has 2 N–H and O–H groups in total. The highest BCUT2D eigenvalue weighted by molar-refractivity contribution is 6.30. The van der Waals surface area contributed by atoms with Crippen LogP contribution < -0.4 is 10.9 Å². The first-order chi connectivity index (χ1) is 15.1. The number of nitrogens with one attached hydrogen (secondary N) is 2. The third-order valence-electron chi connectivity index (χ3n) is 4.53. The number of benzene rings is 2. The zero-order valence-electron chi connectivity index (χ0n) is 16.4. The third-order valence-corrected chi connectivity index (χ3v) is 4.77. The van der Waals surface area contributed by atoms with Gasteiger partial charge in [0.05, 0.1) is 28.8 Å². The van der Waals surface area contributed by atoms with Crippen molar-refractivity contribution in [3.63, 3.8) is 0 Å². The van der Waals surface area contributed by atoms with Gasteiger partial charge in [-0.15, -0.1) is 5.10 Å². The molecule has 0 bridgehead atoms. The summed E-state index contributed by atoms with van der Waals surface area (Å²) in [5, 5.41) is 15.8. The highest BCUT2D eigenvalue weighted by atomic mass is 35.5. The van der Waals surface area contributed by atoms with E-state index in [9.17, 15) is 9.59 Å². The number of hydrogen-bond donors (Lipinski definition) is 2. The Kier molecular flexibility index (Phi) is 5.72. The Hall–Kier alpha value is -4.05. The zero-order valence-corrected chi connectivity index (χ0v) is 17.1. The Morgan fingerprint density at radius 1 is 1.03 bits per heavy atom. The Balaban J connectivity index is 1.44. The topological polar surface area (TPSA) is 120 Å². The monoisotopic (exact) mass is 436 g/mol. The second-order valence-electron chi connectivity index (χ2n) is 6.46. The summed E-state index contributed by atoms with van der Waals surface area (Å²) >= 11 is 6.06. The van der Waals surface area contributed by atoms with Crippen molar-refractivity contribution in [3.8, 4) is 11.4 Å². The van der Waals surface area contributed by atoms with E-state index in [1.165, 1.54) is 17.2 Å². The Morgan fingerprint density at radius 3 is 2.48 bits per heavy atom. The van der Waals surface area contributed by atoms with Crippen LogP contribution in [0.15, 0.2) is 61.1 Å². The maximum atomic E-state index is 12.7. The number of hydrazine groups is 1. The lowest BCUT2D eigenvalue weighted by Gasteiger charge is -2.10. The summed E-state index contributed by atoms with van der Waals surface area (Å²) in [5.41, 5.74) is 7.71. The van der Waals surface area contributed by atoms with Crippen molar-refractivity contribution in [1.82, 2.24) is 40.8 Å². The number of aromatic nitrogens is 6. The molecule has 2 aromatic heterocycles. The van der Waals surface area contributed by atoms with E-state index in [4.69, 9.17) is 11.6 Å². The van der Waals surface area contributed by atoms with Gasteiger partial charge in [-0.05, 0) is 59.3 Å². The van der Waals surface area contributed by atoms with Crippen LogP contribution >= 0.6 is 11.6 Å².